The van der Waals surface area contributed by atoms with Crippen molar-refractivity contribution in [2.75, 3.05) is 13.2 Å². The van der Waals surface area contributed by atoms with Crippen molar-refractivity contribution in [1.29, 1.82) is 0 Å². The number of hydrogen-bond acceptors (Lipinski definition) is 5. The van der Waals surface area contributed by atoms with E-state index in [-0.39, 0.29) is 0 Å². The van der Waals surface area contributed by atoms with E-state index in [0.717, 1.165) is 24.2 Å². The van der Waals surface area contributed by atoms with E-state index in [0.29, 0.717) is 40.9 Å². The highest BCUT2D eigenvalue weighted by atomic mass is 35.5. The number of nitrogens with one attached hydrogen (secondary N) is 1. The van der Waals surface area contributed by atoms with Crippen molar-refractivity contribution in [3.8, 4) is 11.5 Å². The van der Waals surface area contributed by atoms with Gasteiger partial charge in [-0.3, -0.25) is 5.10 Å². The van der Waals surface area contributed by atoms with Crippen LogP contribution in [0.15, 0.2) is 47.6 Å². The van der Waals surface area contributed by atoms with Gasteiger partial charge in [-0.1, -0.05) is 48.9 Å². The summed E-state index contributed by atoms with van der Waals surface area (Å²) in [6.07, 6.45) is 4.13. The van der Waals surface area contributed by atoms with Gasteiger partial charge < -0.3 is 9.47 Å². The smallest absolute Gasteiger partial charge is 0.216 e. The number of ether oxygens (including phenoxy) is 2. The molecule has 0 fully saturated rings. The third-order valence-electron chi connectivity index (χ3n) is 4.30. The van der Waals surface area contributed by atoms with Gasteiger partial charge in [0.15, 0.2) is 17.3 Å². The maximum Gasteiger partial charge on any atom is 0.216 e. The number of halogens is 1. The molecule has 0 radical (unpaired) electrons. The van der Waals surface area contributed by atoms with Crippen LogP contribution < -0.4 is 9.47 Å². The van der Waals surface area contributed by atoms with Crippen LogP contribution in [0, 0.1) is 4.77 Å². The van der Waals surface area contributed by atoms with Gasteiger partial charge in [-0.15, -0.1) is 0 Å². The molecule has 0 atom stereocenters. The van der Waals surface area contributed by atoms with Crippen molar-refractivity contribution in [3.63, 3.8) is 0 Å². The monoisotopic (exact) mass is 444 g/mol. The summed E-state index contributed by atoms with van der Waals surface area (Å²) < 4.78 is 13.5. The summed E-state index contributed by atoms with van der Waals surface area (Å²) in [5, 5.41) is 12.1. The third-order valence-corrected chi connectivity index (χ3v) is 4.85. The molecule has 2 aromatic carbocycles. The largest absolute Gasteiger partial charge is 0.490 e. The lowest BCUT2D eigenvalue weighted by Crippen LogP contribution is -2.03. The first kappa shape index (κ1) is 22.1. The molecule has 0 aliphatic heterocycles. The number of aromatic amines is 1. The van der Waals surface area contributed by atoms with Crippen LogP contribution in [0.25, 0.3) is 0 Å². The molecule has 0 unspecified atom stereocenters. The van der Waals surface area contributed by atoms with E-state index in [2.05, 4.69) is 27.4 Å². The molecule has 8 heteroatoms. The predicted molar refractivity (Wildman–Crippen MR) is 123 cm³/mol. The van der Waals surface area contributed by atoms with Crippen LogP contribution in [0.1, 0.15) is 37.2 Å². The first-order chi connectivity index (χ1) is 14.6. The highest BCUT2D eigenvalue weighted by Gasteiger charge is 2.12. The van der Waals surface area contributed by atoms with Crippen LogP contribution in [0.2, 0.25) is 5.02 Å². The van der Waals surface area contributed by atoms with E-state index < -0.39 is 0 Å². The van der Waals surface area contributed by atoms with Crippen LogP contribution in [0.4, 0.5) is 0 Å². The van der Waals surface area contributed by atoms with Gasteiger partial charge in [0.05, 0.1) is 24.5 Å². The Morgan fingerprint density at radius 1 is 1.17 bits per heavy atom. The van der Waals surface area contributed by atoms with Crippen molar-refractivity contribution in [1.82, 2.24) is 14.9 Å². The van der Waals surface area contributed by atoms with Crippen molar-refractivity contribution in [2.45, 2.75) is 33.1 Å². The average Bonchev–Trinajstić information content (AvgIpc) is 3.10. The molecule has 0 aliphatic carbocycles. The maximum atomic E-state index is 6.43. The van der Waals surface area contributed by atoms with Gasteiger partial charge in [-0.2, -0.15) is 14.9 Å². The Morgan fingerprint density at radius 2 is 1.97 bits per heavy atom. The number of nitrogens with zero attached hydrogens (tertiary/aromatic N) is 3. The summed E-state index contributed by atoms with van der Waals surface area (Å²) in [5.74, 6) is 1.92. The average molecular weight is 445 g/mol. The zero-order chi connectivity index (χ0) is 21.3. The Morgan fingerprint density at radius 3 is 2.70 bits per heavy atom. The minimum Gasteiger partial charge on any atom is -0.490 e. The van der Waals surface area contributed by atoms with E-state index >= 15 is 0 Å². The molecule has 0 bridgehead atoms. The molecular weight excluding hydrogens is 420 g/mol. The van der Waals surface area contributed by atoms with Crippen LogP contribution in [-0.2, 0) is 12.8 Å². The molecule has 3 rings (SSSR count). The molecule has 3 aromatic rings. The number of aryl methyl sites for hydroxylation is 2. The fourth-order valence-corrected chi connectivity index (χ4v) is 3.37. The van der Waals surface area contributed by atoms with Gasteiger partial charge in [-0.05, 0) is 55.2 Å². The molecule has 1 aromatic heterocycles. The third kappa shape index (κ3) is 5.70. The fourth-order valence-electron chi connectivity index (χ4n) is 2.90. The van der Waals surface area contributed by atoms with Gasteiger partial charge in [-0.25, -0.2) is 0 Å². The van der Waals surface area contributed by atoms with E-state index in [4.69, 9.17) is 33.3 Å². The molecule has 1 N–H and O–H groups in total. The van der Waals surface area contributed by atoms with E-state index in [9.17, 15) is 0 Å². The lowest BCUT2D eigenvalue weighted by molar-refractivity contribution is 0.277. The van der Waals surface area contributed by atoms with Crippen molar-refractivity contribution >= 4 is 30.0 Å². The van der Waals surface area contributed by atoms with Gasteiger partial charge in [0.1, 0.15) is 0 Å². The number of rotatable bonds is 10. The molecular formula is C22H25ClN4O2S. The zero-order valence-corrected chi connectivity index (χ0v) is 18.7. The minimum atomic E-state index is 0.438. The molecule has 30 heavy (non-hydrogen) atoms. The van der Waals surface area contributed by atoms with Crippen molar-refractivity contribution < 1.29 is 9.47 Å². The molecule has 158 valence electrons. The molecule has 0 saturated carbocycles. The zero-order valence-electron chi connectivity index (χ0n) is 17.1. The fraction of sp³-hybridized carbons (Fsp3) is 0.318. The Kier molecular flexibility index (Phi) is 8.04. The first-order valence-corrected chi connectivity index (χ1v) is 10.7. The van der Waals surface area contributed by atoms with Crippen LogP contribution in [-0.4, -0.2) is 34.3 Å². The maximum absolute atomic E-state index is 6.43. The molecule has 6 nitrogen and oxygen atoms in total. The van der Waals surface area contributed by atoms with Gasteiger partial charge in [0.2, 0.25) is 4.77 Å². The summed E-state index contributed by atoms with van der Waals surface area (Å²) in [6, 6.07) is 13.9. The summed E-state index contributed by atoms with van der Waals surface area (Å²) in [6.45, 7) is 5.04. The van der Waals surface area contributed by atoms with Crippen LogP contribution in [0.5, 0.6) is 11.5 Å². The van der Waals surface area contributed by atoms with E-state index in [1.807, 2.05) is 38.1 Å². The standard InChI is InChI=1S/C22H25ClN4O2S/c1-3-12-29-21-18(23)13-17(14-19(21)28-4-2)15-24-27-20(25-26-22(27)30)11-10-16-8-6-5-7-9-16/h5-9,13-15H,3-4,10-12H2,1-2H3,(H,26,30)/b24-15-. The van der Waals surface area contributed by atoms with Crippen molar-refractivity contribution in [2.24, 2.45) is 5.10 Å². The Labute approximate surface area is 186 Å². The second-order valence-corrected chi connectivity index (χ2v) is 7.39. The Bertz CT molecular complexity index is 1050. The number of benzene rings is 2. The van der Waals surface area contributed by atoms with Crippen LogP contribution >= 0.6 is 23.8 Å². The number of H-pyrrole nitrogens is 1. The summed E-state index contributed by atoms with van der Waals surface area (Å²) in [4.78, 5) is 0. The highest BCUT2D eigenvalue weighted by Crippen LogP contribution is 2.36. The predicted octanol–water partition coefficient (Wildman–Crippen LogP) is 5.45. The SMILES string of the molecule is CCCOc1c(Cl)cc(/C=N\n2c(CCc3ccccc3)n[nH]c2=S)cc1OCC. The number of aromatic nitrogens is 3. The van der Waals surface area contributed by atoms with Gasteiger partial charge in [0, 0.05) is 6.42 Å². The molecule has 1 heterocycles. The minimum absolute atomic E-state index is 0.438. The quantitative estimate of drug-likeness (QED) is 0.333. The molecule has 0 spiro atoms. The number of hydrogen-bond donors (Lipinski definition) is 1. The summed E-state index contributed by atoms with van der Waals surface area (Å²) in [7, 11) is 0. The normalized spacial score (nSPS) is 11.2. The Hall–Kier alpha value is -2.64. The van der Waals surface area contributed by atoms with Gasteiger partial charge >= 0.3 is 0 Å². The summed E-state index contributed by atoms with van der Waals surface area (Å²) >= 11 is 11.8. The highest BCUT2D eigenvalue weighted by molar-refractivity contribution is 7.71. The molecule has 0 amide bonds. The second-order valence-electron chi connectivity index (χ2n) is 6.60. The first-order valence-electron chi connectivity index (χ1n) is 9.96. The second kappa shape index (κ2) is 10.9. The lowest BCUT2D eigenvalue weighted by atomic mass is 10.1. The lowest BCUT2D eigenvalue weighted by Gasteiger charge is -2.13. The van der Waals surface area contributed by atoms with E-state index in [1.54, 1.807) is 17.0 Å². The van der Waals surface area contributed by atoms with Crippen molar-refractivity contribution in [3.05, 3.63) is 69.2 Å². The topological polar surface area (TPSA) is 64.4 Å². The molecule has 0 saturated heterocycles. The van der Waals surface area contributed by atoms with Crippen LogP contribution in [0.3, 0.4) is 0 Å². The van der Waals surface area contributed by atoms with E-state index in [1.165, 1.54) is 5.56 Å². The van der Waals surface area contributed by atoms with Gasteiger partial charge in [0.25, 0.3) is 0 Å². The summed E-state index contributed by atoms with van der Waals surface area (Å²) in [5.41, 5.74) is 2.02. The Balaban J connectivity index is 1.81. The molecule has 0 aliphatic rings.